The SMILES string of the molecule is CC1CN(CC2CCCO2)CCC1NCc1cccc2cn[nH]c12. The van der Waals surface area contributed by atoms with Crippen LogP contribution in [0.1, 0.15) is 31.7 Å². The predicted octanol–water partition coefficient (Wildman–Crippen LogP) is 2.54. The summed E-state index contributed by atoms with van der Waals surface area (Å²) in [5, 5.41) is 12.2. The number of aromatic nitrogens is 2. The third-order valence-electron chi connectivity index (χ3n) is 5.59. The molecule has 0 bridgehead atoms. The van der Waals surface area contributed by atoms with E-state index >= 15 is 0 Å². The largest absolute Gasteiger partial charge is 0.377 e. The third-order valence-corrected chi connectivity index (χ3v) is 5.59. The lowest BCUT2D eigenvalue weighted by Crippen LogP contribution is -2.49. The van der Waals surface area contributed by atoms with Crippen LogP contribution in [0.2, 0.25) is 0 Å². The Morgan fingerprint density at radius 3 is 3.17 bits per heavy atom. The molecule has 2 aliphatic heterocycles. The van der Waals surface area contributed by atoms with Gasteiger partial charge in [0.2, 0.25) is 0 Å². The second-order valence-corrected chi connectivity index (χ2v) is 7.40. The van der Waals surface area contributed by atoms with E-state index in [1.54, 1.807) is 0 Å². The van der Waals surface area contributed by atoms with Gasteiger partial charge in [0.1, 0.15) is 0 Å². The molecule has 0 aliphatic carbocycles. The molecule has 4 rings (SSSR count). The van der Waals surface area contributed by atoms with Gasteiger partial charge >= 0.3 is 0 Å². The predicted molar refractivity (Wildman–Crippen MR) is 95.9 cm³/mol. The highest BCUT2D eigenvalue weighted by molar-refractivity contribution is 5.81. The summed E-state index contributed by atoms with van der Waals surface area (Å²) in [6.07, 6.45) is 6.05. The maximum absolute atomic E-state index is 5.79. The molecule has 5 heteroatoms. The number of fused-ring (bicyclic) bond motifs is 1. The number of aromatic amines is 1. The molecule has 2 N–H and O–H groups in total. The fourth-order valence-electron chi connectivity index (χ4n) is 4.20. The molecule has 2 fully saturated rings. The first kappa shape index (κ1) is 16.1. The van der Waals surface area contributed by atoms with Gasteiger partial charge in [-0.1, -0.05) is 25.1 Å². The van der Waals surface area contributed by atoms with Gasteiger partial charge in [-0.05, 0) is 37.3 Å². The first-order valence-electron chi connectivity index (χ1n) is 9.28. The van der Waals surface area contributed by atoms with Crippen molar-refractivity contribution in [2.45, 2.75) is 44.9 Å². The molecule has 0 radical (unpaired) electrons. The summed E-state index contributed by atoms with van der Waals surface area (Å²) in [5.41, 5.74) is 2.47. The van der Waals surface area contributed by atoms with E-state index in [-0.39, 0.29) is 0 Å². The fraction of sp³-hybridized carbons (Fsp3) is 0.632. The molecule has 130 valence electrons. The molecule has 24 heavy (non-hydrogen) atoms. The lowest BCUT2D eigenvalue weighted by atomic mass is 9.93. The van der Waals surface area contributed by atoms with E-state index in [4.69, 9.17) is 4.74 Å². The number of hydrogen-bond donors (Lipinski definition) is 2. The van der Waals surface area contributed by atoms with Gasteiger partial charge < -0.3 is 15.0 Å². The van der Waals surface area contributed by atoms with Gasteiger partial charge in [0.05, 0.1) is 17.8 Å². The highest BCUT2D eigenvalue weighted by Gasteiger charge is 2.28. The molecule has 0 saturated carbocycles. The Balaban J connectivity index is 1.30. The number of H-pyrrole nitrogens is 1. The first-order valence-corrected chi connectivity index (χ1v) is 9.28. The average Bonchev–Trinajstić information content (AvgIpc) is 3.25. The van der Waals surface area contributed by atoms with Crippen molar-refractivity contribution in [2.24, 2.45) is 5.92 Å². The first-order chi connectivity index (χ1) is 11.8. The van der Waals surface area contributed by atoms with Gasteiger partial charge in [0.15, 0.2) is 0 Å². The number of nitrogens with one attached hydrogen (secondary N) is 2. The maximum atomic E-state index is 5.79. The van der Waals surface area contributed by atoms with Crippen molar-refractivity contribution in [2.75, 3.05) is 26.2 Å². The normalized spacial score (nSPS) is 28.6. The van der Waals surface area contributed by atoms with Crippen LogP contribution in [0.15, 0.2) is 24.4 Å². The molecule has 3 unspecified atom stereocenters. The van der Waals surface area contributed by atoms with Crippen molar-refractivity contribution in [3.63, 3.8) is 0 Å². The van der Waals surface area contributed by atoms with Crippen molar-refractivity contribution >= 4 is 10.9 Å². The summed E-state index contributed by atoms with van der Waals surface area (Å²) < 4.78 is 5.79. The Bertz CT molecular complexity index is 664. The summed E-state index contributed by atoms with van der Waals surface area (Å²) >= 11 is 0. The van der Waals surface area contributed by atoms with Crippen LogP contribution in [-0.4, -0.2) is 53.5 Å². The van der Waals surface area contributed by atoms with E-state index in [0.29, 0.717) is 18.1 Å². The minimum absolute atomic E-state index is 0.472. The smallest absolute Gasteiger partial charge is 0.0702 e. The number of hydrogen-bond acceptors (Lipinski definition) is 4. The molecule has 0 amide bonds. The van der Waals surface area contributed by atoms with Crippen molar-refractivity contribution in [1.82, 2.24) is 20.4 Å². The number of ether oxygens (including phenoxy) is 1. The van der Waals surface area contributed by atoms with Crippen LogP contribution in [0.5, 0.6) is 0 Å². The maximum Gasteiger partial charge on any atom is 0.0702 e. The topological polar surface area (TPSA) is 53.2 Å². The van der Waals surface area contributed by atoms with Crippen LogP contribution >= 0.6 is 0 Å². The molecule has 3 atom stereocenters. The van der Waals surface area contributed by atoms with Crippen molar-refractivity contribution in [3.8, 4) is 0 Å². The Morgan fingerprint density at radius 1 is 1.38 bits per heavy atom. The number of rotatable bonds is 5. The van der Waals surface area contributed by atoms with Gasteiger partial charge in [-0.2, -0.15) is 5.10 Å². The van der Waals surface area contributed by atoms with Crippen LogP contribution in [0.25, 0.3) is 10.9 Å². The van der Waals surface area contributed by atoms with E-state index < -0.39 is 0 Å². The van der Waals surface area contributed by atoms with E-state index in [1.165, 1.54) is 43.3 Å². The standard InChI is InChI=1S/C19H28N4O/c1-14-12-23(13-17-6-3-9-24-17)8-7-18(14)20-10-15-4-2-5-16-11-21-22-19(15)16/h2,4-5,11,14,17-18,20H,3,6-10,12-13H2,1H3,(H,21,22). The lowest BCUT2D eigenvalue weighted by molar-refractivity contribution is 0.0512. The Labute approximate surface area is 143 Å². The molecule has 2 saturated heterocycles. The van der Waals surface area contributed by atoms with Crippen LogP contribution < -0.4 is 5.32 Å². The minimum Gasteiger partial charge on any atom is -0.377 e. The average molecular weight is 328 g/mol. The molecule has 1 aromatic carbocycles. The van der Waals surface area contributed by atoms with Gasteiger partial charge in [-0.25, -0.2) is 0 Å². The zero-order valence-corrected chi connectivity index (χ0v) is 14.5. The molecular weight excluding hydrogens is 300 g/mol. The van der Waals surface area contributed by atoms with Gasteiger partial charge in [0, 0.05) is 37.7 Å². The zero-order chi connectivity index (χ0) is 16.4. The highest BCUT2D eigenvalue weighted by Crippen LogP contribution is 2.21. The highest BCUT2D eigenvalue weighted by atomic mass is 16.5. The molecule has 2 aliphatic rings. The van der Waals surface area contributed by atoms with Crippen molar-refractivity contribution in [3.05, 3.63) is 30.0 Å². The number of benzene rings is 1. The van der Waals surface area contributed by atoms with E-state index in [0.717, 1.165) is 25.2 Å². The summed E-state index contributed by atoms with van der Waals surface area (Å²) in [5.74, 6) is 0.668. The molecular formula is C19H28N4O. The quantitative estimate of drug-likeness (QED) is 0.886. The van der Waals surface area contributed by atoms with E-state index in [2.05, 4.69) is 45.5 Å². The van der Waals surface area contributed by atoms with Crippen LogP contribution in [-0.2, 0) is 11.3 Å². The summed E-state index contributed by atoms with van der Waals surface area (Å²) in [6, 6.07) is 6.99. The molecule has 0 spiro atoms. The second kappa shape index (κ2) is 7.21. The minimum atomic E-state index is 0.472. The number of nitrogens with zero attached hydrogens (tertiary/aromatic N) is 2. The second-order valence-electron chi connectivity index (χ2n) is 7.40. The summed E-state index contributed by atoms with van der Waals surface area (Å²) in [7, 11) is 0. The van der Waals surface area contributed by atoms with Crippen molar-refractivity contribution in [1.29, 1.82) is 0 Å². The Hall–Kier alpha value is -1.43. The third kappa shape index (κ3) is 3.48. The van der Waals surface area contributed by atoms with E-state index in [9.17, 15) is 0 Å². The summed E-state index contributed by atoms with van der Waals surface area (Å²) in [4.78, 5) is 2.59. The van der Waals surface area contributed by atoms with Crippen LogP contribution in [0, 0.1) is 5.92 Å². The number of likely N-dealkylation sites (tertiary alicyclic amines) is 1. The van der Waals surface area contributed by atoms with Gasteiger partial charge in [-0.3, -0.25) is 5.10 Å². The molecule has 5 nitrogen and oxygen atoms in total. The molecule has 2 aromatic rings. The van der Waals surface area contributed by atoms with Crippen LogP contribution in [0.3, 0.4) is 0 Å². The fourth-order valence-corrected chi connectivity index (χ4v) is 4.20. The van der Waals surface area contributed by atoms with Gasteiger partial charge in [0.25, 0.3) is 0 Å². The Kier molecular flexibility index (Phi) is 4.83. The van der Waals surface area contributed by atoms with Crippen molar-refractivity contribution < 1.29 is 4.74 Å². The van der Waals surface area contributed by atoms with E-state index in [1.807, 2.05) is 6.20 Å². The molecule has 1 aromatic heterocycles. The molecule has 3 heterocycles. The monoisotopic (exact) mass is 328 g/mol. The van der Waals surface area contributed by atoms with Gasteiger partial charge in [-0.15, -0.1) is 0 Å². The Morgan fingerprint density at radius 2 is 2.33 bits per heavy atom. The zero-order valence-electron chi connectivity index (χ0n) is 14.5. The number of piperidine rings is 1. The number of para-hydroxylation sites is 1. The van der Waals surface area contributed by atoms with Crippen LogP contribution in [0.4, 0.5) is 0 Å². The summed E-state index contributed by atoms with van der Waals surface area (Å²) in [6.45, 7) is 7.69. The lowest BCUT2D eigenvalue weighted by Gasteiger charge is -2.38.